The topological polar surface area (TPSA) is 268 Å². The molecule has 0 radical (unpaired) electrons. The van der Waals surface area contributed by atoms with Crippen molar-refractivity contribution in [1.82, 2.24) is 9.97 Å². The Hall–Kier alpha value is -2.39. The van der Waals surface area contributed by atoms with Crippen molar-refractivity contribution in [1.29, 1.82) is 0 Å². The van der Waals surface area contributed by atoms with Crippen molar-refractivity contribution >= 4 is 75.3 Å². The summed E-state index contributed by atoms with van der Waals surface area (Å²) in [6.07, 6.45) is 1.80. The number of carbonyl (C=O) groups is 2. The van der Waals surface area contributed by atoms with E-state index in [4.69, 9.17) is 17.3 Å². The number of aliphatic hydroxyl groups excluding tert-OH is 1. The van der Waals surface area contributed by atoms with Gasteiger partial charge in [0.05, 0.1) is 23.7 Å². The first-order valence-electron chi connectivity index (χ1n) is 9.60. The Morgan fingerprint density at radius 1 is 1.18 bits per heavy atom. The number of carbonyl (C=O) groups excluding carboxylic acids is 2. The Labute approximate surface area is 250 Å². The molecule has 0 aliphatic carbocycles. The number of fused-ring (bicyclic) bond motifs is 1. The van der Waals surface area contributed by atoms with Gasteiger partial charge >= 0.3 is 40.4 Å². The van der Waals surface area contributed by atoms with Crippen LogP contribution in [-0.2, 0) is 16.0 Å². The summed E-state index contributed by atoms with van der Waals surface area (Å²) < 4.78 is 0. The fourth-order valence-corrected chi connectivity index (χ4v) is 3.24. The number of benzene rings is 2. The number of carboxylic acids is 1. The molecule has 13 nitrogen and oxygen atoms in total. The van der Waals surface area contributed by atoms with E-state index in [2.05, 4.69) is 15.0 Å². The summed E-state index contributed by atoms with van der Waals surface area (Å²) >= 11 is 6.08. The summed E-state index contributed by atoms with van der Waals surface area (Å²) in [6, 6.07) is 13.7. The van der Waals surface area contributed by atoms with Gasteiger partial charge < -0.3 is 52.5 Å². The van der Waals surface area contributed by atoms with Gasteiger partial charge in [0, 0.05) is 47.6 Å². The molecule has 8 N–H and O–H groups in total. The van der Waals surface area contributed by atoms with Crippen LogP contribution in [0, 0.1) is 0 Å². The second-order valence-electron chi connectivity index (χ2n) is 6.98. The number of nitrogens with zero attached hydrogens (tertiary/aromatic N) is 3. The van der Waals surface area contributed by atoms with Crippen molar-refractivity contribution in [2.24, 2.45) is 10.7 Å². The number of benzodiazepines with no additional fused rings is 1. The monoisotopic (exact) mass is 573 g/mol. The molecule has 2 unspecified atom stereocenters. The number of hydrogen-bond donors (Lipinski definition) is 3. The molecular formula is C22H25AlClMgN5O8. The zero-order valence-electron chi connectivity index (χ0n) is 20.2. The van der Waals surface area contributed by atoms with Gasteiger partial charge in [0.25, 0.3) is 5.91 Å². The van der Waals surface area contributed by atoms with Gasteiger partial charge in [-0.05, 0) is 18.2 Å². The maximum absolute atomic E-state index is 12.1. The zero-order chi connectivity index (χ0) is 23.3. The number of rotatable bonds is 4. The van der Waals surface area contributed by atoms with Crippen LogP contribution in [0.3, 0.4) is 0 Å². The van der Waals surface area contributed by atoms with Crippen LogP contribution in [-0.4, -0.2) is 114 Å². The number of halogens is 1. The predicted octanol–water partition coefficient (Wildman–Crippen LogP) is -0.967. The quantitative estimate of drug-likeness (QED) is 0.321. The third kappa shape index (κ3) is 10.8. The number of carboxylic acid groups (broad SMARTS) is 1. The number of imidazole rings is 1. The normalized spacial score (nSPS) is 13.7. The summed E-state index contributed by atoms with van der Waals surface area (Å²) in [7, 11) is 1.61. The Morgan fingerprint density at radius 2 is 1.79 bits per heavy atom. The van der Waals surface area contributed by atoms with Crippen molar-refractivity contribution in [3.8, 4) is 0 Å². The van der Waals surface area contributed by atoms with Crippen LogP contribution >= 0.6 is 11.6 Å². The molecule has 38 heavy (non-hydrogen) atoms. The molecular weight excluding hydrogens is 549 g/mol. The number of aliphatic hydroxyl groups is 1. The molecule has 2 heterocycles. The van der Waals surface area contributed by atoms with Gasteiger partial charge in [-0.1, -0.05) is 41.9 Å². The minimum absolute atomic E-state index is 0. The molecule has 2 aromatic carbocycles. The molecule has 0 saturated heterocycles. The number of aliphatic imine (C=N–C) groups is 1. The van der Waals surface area contributed by atoms with Gasteiger partial charge in [-0.3, -0.25) is 4.79 Å². The van der Waals surface area contributed by atoms with Crippen molar-refractivity contribution in [2.45, 2.75) is 18.7 Å². The van der Waals surface area contributed by atoms with Crippen LogP contribution in [0.1, 0.15) is 16.8 Å². The molecule has 16 heteroatoms. The van der Waals surface area contributed by atoms with E-state index < -0.39 is 24.1 Å². The molecule has 2 atom stereocenters. The molecule has 0 saturated carbocycles. The van der Waals surface area contributed by atoms with E-state index in [9.17, 15) is 19.8 Å². The summed E-state index contributed by atoms with van der Waals surface area (Å²) in [4.78, 5) is 34.3. The number of likely N-dealkylation sites (N-methyl/N-ethyl adjacent to an activating group) is 1. The number of aromatic nitrogens is 2. The molecule has 1 aliphatic rings. The van der Waals surface area contributed by atoms with Crippen molar-refractivity contribution < 1.29 is 41.7 Å². The molecule has 0 bridgehead atoms. The zero-order valence-corrected chi connectivity index (χ0v) is 23.5. The van der Waals surface area contributed by atoms with Gasteiger partial charge in [-0.2, -0.15) is 0 Å². The van der Waals surface area contributed by atoms with E-state index >= 15 is 0 Å². The smallest absolute Gasteiger partial charge is 0.870 e. The minimum atomic E-state index is -1.42. The number of nitrogens with one attached hydrogen (secondary N) is 1. The van der Waals surface area contributed by atoms with Gasteiger partial charge in [0.1, 0.15) is 0 Å². The standard InChI is InChI=1S/C16H13ClN2O2.C6H9N3O2.Al.Mg.4H2O/c1-19-13-8-7-11(17)9-12(13)14(18-15(20)16(19)21)10-5-3-2-4-6-10;7-5(6(10)11)1-4-2-8-3-9-4;;;;;;/h2-9,15,20H,1H3;2-3,5H,1,7H2,(H,8,9)(H,10,11);;;4*1H2/q;;+3;+2;;;;/p-5. The first-order valence-corrected chi connectivity index (χ1v) is 9.98. The second-order valence-corrected chi connectivity index (χ2v) is 7.42. The summed E-state index contributed by atoms with van der Waals surface area (Å²) in [5.41, 5.74) is 8.66. The Morgan fingerprint density at radius 3 is 2.32 bits per heavy atom. The number of nitrogens with two attached hydrogens (primary N) is 1. The average molecular weight is 574 g/mol. The van der Waals surface area contributed by atoms with Crippen molar-refractivity contribution in [3.05, 3.63) is 82.9 Å². The van der Waals surface area contributed by atoms with Gasteiger partial charge in [0.2, 0.25) is 6.23 Å². The SMILES string of the molecule is CN1C(=O)C(O)N=C(c2ccccc2)c2cc(Cl)ccc21.NC(Cc1cnc[nH]1)C(=O)[O-].[Al+3].[Mg+2].[OH-].[OH-].[OH-].[OH-]. The summed E-state index contributed by atoms with van der Waals surface area (Å²) in [5.74, 6) is -1.72. The van der Waals surface area contributed by atoms with E-state index in [0.29, 0.717) is 22.1 Å². The maximum Gasteiger partial charge on any atom is 3.00 e. The van der Waals surface area contributed by atoms with Gasteiger partial charge in [0.15, 0.2) is 0 Å². The number of aliphatic carboxylic acids is 1. The van der Waals surface area contributed by atoms with Crippen LogP contribution in [0.2, 0.25) is 5.02 Å². The summed E-state index contributed by atoms with van der Waals surface area (Å²) in [6.45, 7) is 0. The Bertz CT molecular complexity index is 1140. The molecule has 1 amide bonds. The number of aromatic amines is 1. The number of amides is 1. The predicted molar refractivity (Wildman–Crippen MR) is 137 cm³/mol. The van der Waals surface area contributed by atoms with E-state index in [-0.39, 0.29) is 68.7 Å². The molecule has 4 rings (SSSR count). The van der Waals surface area contributed by atoms with E-state index in [1.54, 1.807) is 25.2 Å². The third-order valence-electron chi connectivity index (χ3n) is 4.72. The fourth-order valence-electron chi connectivity index (χ4n) is 3.07. The maximum atomic E-state index is 12.1. The molecule has 1 aliphatic heterocycles. The van der Waals surface area contributed by atoms with E-state index in [0.717, 1.165) is 11.1 Å². The molecule has 198 valence electrons. The van der Waals surface area contributed by atoms with Crippen LogP contribution < -0.4 is 15.7 Å². The third-order valence-corrected chi connectivity index (χ3v) is 4.96. The fraction of sp³-hybridized carbons (Fsp3) is 0.182. The van der Waals surface area contributed by atoms with Gasteiger partial charge in [-0.25, -0.2) is 9.98 Å². The molecule has 1 aromatic heterocycles. The largest absolute Gasteiger partial charge is 3.00 e. The first kappa shape index (κ1) is 42.7. The Kier molecular flexibility index (Phi) is 22.1. The average Bonchev–Trinajstić information content (AvgIpc) is 3.27. The number of anilines is 1. The van der Waals surface area contributed by atoms with Crippen LogP contribution in [0.5, 0.6) is 0 Å². The van der Waals surface area contributed by atoms with Crippen LogP contribution in [0.4, 0.5) is 5.69 Å². The van der Waals surface area contributed by atoms with Gasteiger partial charge in [-0.15, -0.1) is 0 Å². The number of hydrogen-bond acceptors (Lipinski definition) is 11. The van der Waals surface area contributed by atoms with E-state index in [1.165, 1.54) is 17.4 Å². The van der Waals surface area contributed by atoms with Crippen molar-refractivity contribution in [2.75, 3.05) is 11.9 Å². The van der Waals surface area contributed by atoms with Crippen LogP contribution in [0.25, 0.3) is 0 Å². The molecule has 3 aromatic rings. The first-order chi connectivity index (χ1) is 15.3. The Balaban J connectivity index is -0.000000299. The second kappa shape index (κ2) is 19.6. The summed E-state index contributed by atoms with van der Waals surface area (Å²) in [5, 5.41) is 20.7. The van der Waals surface area contributed by atoms with Crippen LogP contribution in [0.15, 0.2) is 66.0 Å². The molecule has 0 spiro atoms. The number of H-pyrrole nitrogens is 1. The van der Waals surface area contributed by atoms with Crippen molar-refractivity contribution in [3.63, 3.8) is 0 Å². The minimum Gasteiger partial charge on any atom is -0.870 e. The molecule has 0 fully saturated rings. The van der Waals surface area contributed by atoms with E-state index in [1.807, 2.05) is 30.3 Å².